The molecule has 4 heteroatoms. The van der Waals surface area contributed by atoms with E-state index < -0.39 is 0 Å². The van der Waals surface area contributed by atoms with E-state index in [1.807, 2.05) is 53.4 Å². The van der Waals surface area contributed by atoms with Crippen molar-refractivity contribution in [1.82, 2.24) is 4.90 Å². The summed E-state index contributed by atoms with van der Waals surface area (Å²) in [5, 5.41) is 0. The fourth-order valence-corrected chi connectivity index (χ4v) is 2.46. The molecule has 0 aromatic heterocycles. The predicted molar refractivity (Wildman–Crippen MR) is 81.0 cm³/mol. The SMILES string of the molecule is NCc1ccc(CN2CCOc3ccccc3C2=O)cc1. The molecular weight excluding hydrogens is 264 g/mol. The molecule has 21 heavy (non-hydrogen) atoms. The van der Waals surface area contributed by atoms with Gasteiger partial charge < -0.3 is 15.4 Å². The molecule has 2 aromatic rings. The van der Waals surface area contributed by atoms with E-state index in [0.717, 1.165) is 11.1 Å². The molecule has 0 radical (unpaired) electrons. The molecule has 1 amide bonds. The van der Waals surface area contributed by atoms with Gasteiger partial charge >= 0.3 is 0 Å². The Morgan fingerprint density at radius 3 is 2.52 bits per heavy atom. The second kappa shape index (κ2) is 5.97. The number of fused-ring (bicyclic) bond motifs is 1. The zero-order valence-corrected chi connectivity index (χ0v) is 11.8. The first-order chi connectivity index (χ1) is 10.3. The van der Waals surface area contributed by atoms with Crippen LogP contribution in [0.2, 0.25) is 0 Å². The lowest BCUT2D eigenvalue weighted by Gasteiger charge is -2.20. The lowest BCUT2D eigenvalue weighted by Crippen LogP contribution is -2.31. The first-order valence-corrected chi connectivity index (χ1v) is 7.07. The summed E-state index contributed by atoms with van der Waals surface area (Å²) >= 11 is 0. The van der Waals surface area contributed by atoms with E-state index in [4.69, 9.17) is 10.5 Å². The van der Waals surface area contributed by atoms with Crippen LogP contribution in [-0.2, 0) is 13.1 Å². The number of amides is 1. The van der Waals surface area contributed by atoms with Crippen LogP contribution in [0.4, 0.5) is 0 Å². The number of carbonyl (C=O) groups is 1. The van der Waals surface area contributed by atoms with Crippen LogP contribution in [0.1, 0.15) is 21.5 Å². The van der Waals surface area contributed by atoms with Gasteiger partial charge in [-0.1, -0.05) is 36.4 Å². The normalized spacial score (nSPS) is 14.3. The minimum atomic E-state index is 0.0194. The smallest absolute Gasteiger partial charge is 0.258 e. The van der Waals surface area contributed by atoms with Gasteiger partial charge in [-0.3, -0.25) is 4.79 Å². The molecule has 0 bridgehead atoms. The minimum Gasteiger partial charge on any atom is -0.491 e. The standard InChI is InChI=1S/C17H18N2O2/c18-11-13-5-7-14(8-6-13)12-19-9-10-21-16-4-2-1-3-15(16)17(19)20/h1-8H,9-12,18H2. The molecule has 0 spiro atoms. The Labute approximate surface area is 124 Å². The number of benzene rings is 2. The number of rotatable bonds is 3. The van der Waals surface area contributed by atoms with Crippen molar-refractivity contribution in [3.8, 4) is 5.75 Å². The van der Waals surface area contributed by atoms with Crippen molar-refractivity contribution in [3.63, 3.8) is 0 Å². The second-order valence-electron chi connectivity index (χ2n) is 5.09. The number of para-hydroxylation sites is 1. The van der Waals surface area contributed by atoms with Gasteiger partial charge in [-0.2, -0.15) is 0 Å². The average Bonchev–Trinajstić information content (AvgIpc) is 2.69. The average molecular weight is 282 g/mol. The molecule has 0 saturated carbocycles. The zero-order valence-electron chi connectivity index (χ0n) is 11.8. The number of ether oxygens (including phenoxy) is 1. The topological polar surface area (TPSA) is 55.6 Å². The lowest BCUT2D eigenvalue weighted by atomic mass is 10.1. The highest BCUT2D eigenvalue weighted by atomic mass is 16.5. The monoisotopic (exact) mass is 282 g/mol. The van der Waals surface area contributed by atoms with E-state index in [1.165, 1.54) is 0 Å². The molecule has 1 heterocycles. The number of carbonyl (C=O) groups excluding carboxylic acids is 1. The number of nitrogens with zero attached hydrogens (tertiary/aromatic N) is 1. The minimum absolute atomic E-state index is 0.0194. The van der Waals surface area contributed by atoms with Crippen LogP contribution in [0.15, 0.2) is 48.5 Å². The van der Waals surface area contributed by atoms with E-state index in [9.17, 15) is 4.79 Å². The Balaban J connectivity index is 1.80. The zero-order chi connectivity index (χ0) is 14.7. The van der Waals surface area contributed by atoms with Crippen molar-refractivity contribution < 1.29 is 9.53 Å². The Morgan fingerprint density at radius 1 is 1.05 bits per heavy atom. The largest absolute Gasteiger partial charge is 0.491 e. The van der Waals surface area contributed by atoms with E-state index in [-0.39, 0.29) is 5.91 Å². The first-order valence-electron chi connectivity index (χ1n) is 7.07. The maximum Gasteiger partial charge on any atom is 0.258 e. The third kappa shape index (κ3) is 2.90. The van der Waals surface area contributed by atoms with Crippen LogP contribution >= 0.6 is 0 Å². The van der Waals surface area contributed by atoms with Gasteiger partial charge in [0.05, 0.1) is 12.1 Å². The van der Waals surface area contributed by atoms with Crippen molar-refractivity contribution in [2.24, 2.45) is 5.73 Å². The third-order valence-electron chi connectivity index (χ3n) is 3.66. The molecule has 1 aliphatic rings. The molecule has 2 N–H and O–H groups in total. The van der Waals surface area contributed by atoms with Gasteiger partial charge in [0.25, 0.3) is 5.91 Å². The van der Waals surface area contributed by atoms with Crippen molar-refractivity contribution in [3.05, 3.63) is 65.2 Å². The predicted octanol–water partition coefficient (Wildman–Crippen LogP) is 2.18. The molecule has 0 unspecified atom stereocenters. The molecule has 0 aliphatic carbocycles. The summed E-state index contributed by atoms with van der Waals surface area (Å²) in [6.07, 6.45) is 0. The maximum absolute atomic E-state index is 12.6. The summed E-state index contributed by atoms with van der Waals surface area (Å²) in [6.45, 7) is 2.22. The Bertz CT molecular complexity index is 637. The van der Waals surface area contributed by atoms with Crippen molar-refractivity contribution in [1.29, 1.82) is 0 Å². The lowest BCUT2D eigenvalue weighted by molar-refractivity contribution is 0.0743. The maximum atomic E-state index is 12.6. The molecular formula is C17H18N2O2. The van der Waals surface area contributed by atoms with Gasteiger partial charge in [-0.15, -0.1) is 0 Å². The summed E-state index contributed by atoms with van der Waals surface area (Å²) < 4.78 is 5.64. The van der Waals surface area contributed by atoms with Gasteiger partial charge in [0.1, 0.15) is 12.4 Å². The van der Waals surface area contributed by atoms with Gasteiger partial charge in [0, 0.05) is 13.1 Å². The number of hydrogen-bond acceptors (Lipinski definition) is 3. The summed E-state index contributed by atoms with van der Waals surface area (Å²) in [6, 6.07) is 15.4. The summed E-state index contributed by atoms with van der Waals surface area (Å²) in [5.74, 6) is 0.689. The Morgan fingerprint density at radius 2 is 1.76 bits per heavy atom. The summed E-state index contributed by atoms with van der Waals surface area (Å²) in [7, 11) is 0. The van der Waals surface area contributed by atoms with E-state index in [0.29, 0.717) is 37.6 Å². The van der Waals surface area contributed by atoms with E-state index in [1.54, 1.807) is 0 Å². The highest BCUT2D eigenvalue weighted by molar-refractivity contribution is 5.97. The van der Waals surface area contributed by atoms with Gasteiger partial charge in [-0.05, 0) is 23.3 Å². The van der Waals surface area contributed by atoms with Crippen LogP contribution in [0, 0.1) is 0 Å². The molecule has 108 valence electrons. The molecule has 0 atom stereocenters. The van der Waals surface area contributed by atoms with Gasteiger partial charge in [0.15, 0.2) is 0 Å². The quantitative estimate of drug-likeness (QED) is 0.938. The number of nitrogens with two attached hydrogens (primary N) is 1. The van der Waals surface area contributed by atoms with Crippen molar-refractivity contribution in [2.75, 3.05) is 13.2 Å². The van der Waals surface area contributed by atoms with Crippen LogP contribution in [0.5, 0.6) is 5.75 Å². The molecule has 3 rings (SSSR count). The summed E-state index contributed by atoms with van der Waals surface area (Å²) in [5.41, 5.74) is 8.42. The highest BCUT2D eigenvalue weighted by Crippen LogP contribution is 2.23. The van der Waals surface area contributed by atoms with Crippen LogP contribution in [0.25, 0.3) is 0 Å². The third-order valence-corrected chi connectivity index (χ3v) is 3.66. The number of hydrogen-bond donors (Lipinski definition) is 1. The second-order valence-corrected chi connectivity index (χ2v) is 5.09. The summed E-state index contributed by atoms with van der Waals surface area (Å²) in [4.78, 5) is 14.4. The van der Waals surface area contributed by atoms with Crippen LogP contribution in [0.3, 0.4) is 0 Å². The van der Waals surface area contributed by atoms with Crippen LogP contribution < -0.4 is 10.5 Å². The van der Waals surface area contributed by atoms with Crippen molar-refractivity contribution >= 4 is 5.91 Å². The molecule has 4 nitrogen and oxygen atoms in total. The highest BCUT2D eigenvalue weighted by Gasteiger charge is 2.22. The van der Waals surface area contributed by atoms with Crippen LogP contribution in [-0.4, -0.2) is 24.0 Å². The first kappa shape index (κ1) is 13.6. The Hall–Kier alpha value is -2.33. The Kier molecular flexibility index (Phi) is 3.88. The molecule has 0 saturated heterocycles. The van der Waals surface area contributed by atoms with E-state index >= 15 is 0 Å². The van der Waals surface area contributed by atoms with Gasteiger partial charge in [-0.25, -0.2) is 0 Å². The fourth-order valence-electron chi connectivity index (χ4n) is 2.46. The molecule has 0 fully saturated rings. The molecule has 1 aliphatic heterocycles. The van der Waals surface area contributed by atoms with Gasteiger partial charge in [0.2, 0.25) is 0 Å². The molecule has 2 aromatic carbocycles. The van der Waals surface area contributed by atoms with E-state index in [2.05, 4.69) is 0 Å². The fraction of sp³-hybridized carbons (Fsp3) is 0.235. The van der Waals surface area contributed by atoms with Crippen molar-refractivity contribution in [2.45, 2.75) is 13.1 Å².